The molecule has 4 atom stereocenters. The Morgan fingerprint density at radius 3 is 2.40 bits per heavy atom. The normalized spacial score (nSPS) is 20.1. The van der Waals surface area contributed by atoms with Gasteiger partial charge >= 0.3 is 18.2 Å². The zero-order valence-electron chi connectivity index (χ0n) is 23.7. The van der Waals surface area contributed by atoms with Gasteiger partial charge in [0.1, 0.15) is 23.8 Å². The highest BCUT2D eigenvalue weighted by Crippen LogP contribution is 2.36. The summed E-state index contributed by atoms with van der Waals surface area (Å²) in [6.07, 6.45) is -1.01. The van der Waals surface area contributed by atoms with Crippen LogP contribution in [-0.2, 0) is 23.9 Å². The summed E-state index contributed by atoms with van der Waals surface area (Å²) in [7, 11) is 0. The number of aliphatic carboxylic acids is 1. The van der Waals surface area contributed by atoms with Crippen LogP contribution in [0.5, 0.6) is 0 Å². The summed E-state index contributed by atoms with van der Waals surface area (Å²) in [5.41, 5.74) is 0.520. The minimum absolute atomic E-state index is 0.00210. The number of hydrogen-bond donors (Lipinski definition) is 4. The van der Waals surface area contributed by atoms with Crippen LogP contribution in [-0.4, -0.2) is 65.9 Å². The molecule has 2 aliphatic heterocycles. The van der Waals surface area contributed by atoms with Crippen molar-refractivity contribution in [1.82, 2.24) is 16.0 Å². The van der Waals surface area contributed by atoms with Gasteiger partial charge in [0.25, 0.3) is 0 Å². The molecule has 1 fully saturated rings. The molecule has 1 aromatic carbocycles. The fraction of sp³-hybridized carbons (Fsp3) is 0.607. The highest BCUT2D eigenvalue weighted by atomic mass is 16.6. The minimum Gasteiger partial charge on any atom is -0.480 e. The molecule has 1 aromatic rings. The van der Waals surface area contributed by atoms with Gasteiger partial charge in [-0.3, -0.25) is 14.5 Å². The van der Waals surface area contributed by atoms with Crippen LogP contribution in [0, 0.1) is 11.8 Å². The molecule has 40 heavy (non-hydrogen) atoms. The summed E-state index contributed by atoms with van der Waals surface area (Å²) in [5.74, 6) is -2.67. The molecular weight excluding hydrogens is 520 g/mol. The zero-order chi connectivity index (χ0) is 29.6. The van der Waals surface area contributed by atoms with Crippen molar-refractivity contribution in [3.63, 3.8) is 0 Å². The lowest BCUT2D eigenvalue weighted by Crippen LogP contribution is -2.53. The predicted octanol–water partition coefficient (Wildman–Crippen LogP) is 3.11. The Morgan fingerprint density at radius 2 is 1.80 bits per heavy atom. The number of nitrogens with zero attached hydrogens (tertiary/aromatic N) is 1. The number of nitrogens with one attached hydrogen (secondary N) is 3. The van der Waals surface area contributed by atoms with Crippen molar-refractivity contribution in [2.24, 2.45) is 11.8 Å². The lowest BCUT2D eigenvalue weighted by Gasteiger charge is -2.35. The van der Waals surface area contributed by atoms with Crippen molar-refractivity contribution in [1.29, 1.82) is 0 Å². The Balaban J connectivity index is 1.68. The first kappa shape index (κ1) is 30.7. The molecule has 0 spiro atoms. The van der Waals surface area contributed by atoms with E-state index in [-0.39, 0.29) is 31.2 Å². The lowest BCUT2D eigenvalue weighted by atomic mass is 9.97. The number of carbonyl (C=O) groups is 5. The maximum absolute atomic E-state index is 13.1. The number of ether oxygens (including phenoxy) is 2. The summed E-state index contributed by atoms with van der Waals surface area (Å²) >= 11 is 0. The van der Waals surface area contributed by atoms with E-state index < -0.39 is 53.8 Å². The van der Waals surface area contributed by atoms with Gasteiger partial charge in [-0.1, -0.05) is 32.0 Å². The van der Waals surface area contributed by atoms with E-state index in [2.05, 4.69) is 16.0 Å². The summed E-state index contributed by atoms with van der Waals surface area (Å²) in [5, 5.41) is 17.4. The van der Waals surface area contributed by atoms with Crippen LogP contribution < -0.4 is 20.9 Å². The molecule has 2 heterocycles. The number of para-hydroxylation sites is 1. The highest BCUT2D eigenvalue weighted by Gasteiger charge is 2.35. The zero-order valence-corrected chi connectivity index (χ0v) is 23.7. The number of amides is 4. The molecular formula is C28H40N4O8. The van der Waals surface area contributed by atoms with Crippen LogP contribution in [0.1, 0.15) is 72.0 Å². The molecule has 3 rings (SSSR count). The summed E-state index contributed by atoms with van der Waals surface area (Å²) in [6, 6.07) is 4.73. The molecule has 0 aromatic heterocycles. The van der Waals surface area contributed by atoms with Crippen molar-refractivity contribution < 1.29 is 38.6 Å². The monoisotopic (exact) mass is 560 g/mol. The van der Waals surface area contributed by atoms with Crippen molar-refractivity contribution in [3.8, 4) is 0 Å². The number of rotatable bonds is 9. The third kappa shape index (κ3) is 8.33. The van der Waals surface area contributed by atoms with Gasteiger partial charge in [0.2, 0.25) is 11.8 Å². The highest BCUT2D eigenvalue weighted by molar-refractivity contribution is 5.91. The van der Waals surface area contributed by atoms with E-state index in [0.717, 1.165) is 0 Å². The Morgan fingerprint density at radius 1 is 1.10 bits per heavy atom. The van der Waals surface area contributed by atoms with E-state index >= 15 is 0 Å². The summed E-state index contributed by atoms with van der Waals surface area (Å²) in [4.78, 5) is 64.1. The van der Waals surface area contributed by atoms with Crippen LogP contribution in [0.3, 0.4) is 0 Å². The molecule has 12 heteroatoms. The van der Waals surface area contributed by atoms with E-state index in [9.17, 15) is 29.1 Å². The van der Waals surface area contributed by atoms with Gasteiger partial charge in [0, 0.05) is 31.0 Å². The van der Waals surface area contributed by atoms with Gasteiger partial charge in [0.15, 0.2) is 0 Å². The fourth-order valence-electron chi connectivity index (χ4n) is 4.81. The van der Waals surface area contributed by atoms with Crippen molar-refractivity contribution in [3.05, 3.63) is 29.8 Å². The average Bonchev–Trinajstić information content (AvgIpc) is 3.26. The van der Waals surface area contributed by atoms with Crippen LogP contribution in [0.25, 0.3) is 0 Å². The molecule has 0 radical (unpaired) electrons. The molecule has 0 aliphatic carbocycles. The molecule has 2 aliphatic rings. The number of carbonyl (C=O) groups excluding carboxylic acids is 4. The number of anilines is 1. The topological polar surface area (TPSA) is 163 Å². The third-order valence-electron chi connectivity index (χ3n) is 6.67. The summed E-state index contributed by atoms with van der Waals surface area (Å²) in [6.45, 7) is 9.81. The predicted molar refractivity (Wildman–Crippen MR) is 146 cm³/mol. The maximum atomic E-state index is 13.1. The maximum Gasteiger partial charge on any atom is 0.414 e. The van der Waals surface area contributed by atoms with Crippen LogP contribution in [0.15, 0.2) is 24.3 Å². The Kier molecular flexibility index (Phi) is 9.99. The molecule has 4 amide bonds. The average molecular weight is 561 g/mol. The summed E-state index contributed by atoms with van der Waals surface area (Å²) < 4.78 is 11.2. The van der Waals surface area contributed by atoms with Gasteiger partial charge in [-0.2, -0.15) is 0 Å². The SMILES string of the molecule is CC(C)C[C@H](NC(=O)OC1CCN(C(=O)OC(C)(C)C)c2ccccc21)C(=O)N[C@@H](C[C@@H]1CCNC1=O)C(=O)O. The largest absolute Gasteiger partial charge is 0.480 e. The second-order valence-corrected chi connectivity index (χ2v) is 11.6. The van der Waals surface area contributed by atoms with Gasteiger partial charge in [-0.05, 0) is 52.0 Å². The molecule has 0 bridgehead atoms. The number of carboxylic acids is 1. The quantitative estimate of drug-likeness (QED) is 0.358. The van der Waals surface area contributed by atoms with Gasteiger partial charge in [-0.25, -0.2) is 14.4 Å². The molecule has 0 saturated carbocycles. The first-order chi connectivity index (χ1) is 18.7. The fourth-order valence-corrected chi connectivity index (χ4v) is 4.81. The third-order valence-corrected chi connectivity index (χ3v) is 6.67. The van der Waals surface area contributed by atoms with Crippen molar-refractivity contribution in [2.45, 2.75) is 84.1 Å². The number of fused-ring (bicyclic) bond motifs is 1. The minimum atomic E-state index is -1.28. The first-order valence-corrected chi connectivity index (χ1v) is 13.6. The smallest absolute Gasteiger partial charge is 0.414 e. The van der Waals surface area contributed by atoms with E-state index in [4.69, 9.17) is 9.47 Å². The van der Waals surface area contributed by atoms with Crippen LogP contribution >= 0.6 is 0 Å². The Hall–Kier alpha value is -3.83. The number of carboxylic acid groups (broad SMARTS) is 1. The first-order valence-electron chi connectivity index (χ1n) is 13.6. The van der Waals surface area contributed by atoms with Crippen LogP contribution in [0.2, 0.25) is 0 Å². The van der Waals surface area contributed by atoms with E-state index in [1.54, 1.807) is 45.0 Å². The van der Waals surface area contributed by atoms with Gasteiger partial charge in [-0.15, -0.1) is 0 Å². The molecule has 12 nitrogen and oxygen atoms in total. The number of alkyl carbamates (subject to hydrolysis) is 1. The lowest BCUT2D eigenvalue weighted by molar-refractivity contribution is -0.143. The van der Waals surface area contributed by atoms with E-state index in [0.29, 0.717) is 30.6 Å². The second kappa shape index (κ2) is 13.0. The van der Waals surface area contributed by atoms with E-state index in [1.165, 1.54) is 4.90 Å². The molecule has 1 saturated heterocycles. The molecule has 220 valence electrons. The number of hydrogen-bond acceptors (Lipinski definition) is 7. The van der Waals surface area contributed by atoms with Crippen molar-refractivity contribution >= 4 is 35.7 Å². The van der Waals surface area contributed by atoms with Crippen molar-refractivity contribution in [2.75, 3.05) is 18.0 Å². The molecule has 1 unspecified atom stereocenters. The van der Waals surface area contributed by atoms with Gasteiger partial charge < -0.3 is 30.5 Å². The van der Waals surface area contributed by atoms with Gasteiger partial charge in [0.05, 0.1) is 5.69 Å². The van der Waals surface area contributed by atoms with Crippen LogP contribution in [0.4, 0.5) is 15.3 Å². The Labute approximate surface area is 234 Å². The van der Waals surface area contributed by atoms with E-state index in [1.807, 2.05) is 13.8 Å². The number of benzene rings is 1. The second-order valence-electron chi connectivity index (χ2n) is 11.6. The standard InChI is InChI=1S/C28H40N4O8/c1-16(2)14-19(24(34)30-20(25(35)36)15-17-10-12-29-23(17)33)31-26(37)39-22-11-13-32(27(38)40-28(3,4)5)21-9-7-6-8-18(21)22/h6-9,16-17,19-20,22H,10-15H2,1-5H3,(H,29,33)(H,30,34)(H,31,37)(H,35,36)/t17-,19-,20-,22?/m0/s1. The molecule has 4 N–H and O–H groups in total. The Bertz CT molecular complexity index is 1120.